The minimum atomic E-state index is -0.904. The molecule has 4 nitrogen and oxygen atoms in total. The number of nitrogens with zero attached hydrogens (tertiary/aromatic N) is 1. The molecule has 0 aliphatic heterocycles. The van der Waals surface area contributed by atoms with E-state index in [1.807, 2.05) is 32.2 Å². The predicted octanol–water partition coefficient (Wildman–Crippen LogP) is 3.01. The van der Waals surface area contributed by atoms with E-state index in [0.29, 0.717) is 12.1 Å². The molecule has 2 aromatic rings. The minimum absolute atomic E-state index is 0.327. The molecule has 1 aromatic carbocycles. The lowest BCUT2D eigenvalue weighted by molar-refractivity contribution is 0.0696. The van der Waals surface area contributed by atoms with Crippen molar-refractivity contribution in [2.45, 2.75) is 20.4 Å². The van der Waals surface area contributed by atoms with Gasteiger partial charge in [0.25, 0.3) is 0 Å². The van der Waals surface area contributed by atoms with Crippen LogP contribution in [0.5, 0.6) is 0 Å². The number of rotatable bonds is 4. The minimum Gasteiger partial charge on any atom is -0.478 e. The SMILES string of the molecule is Cc1ccncc1CNc1cccc(C(=O)O)c1C. The van der Waals surface area contributed by atoms with Crippen LogP contribution in [-0.2, 0) is 6.54 Å². The first-order chi connectivity index (χ1) is 9.09. The lowest BCUT2D eigenvalue weighted by Gasteiger charge is -2.12. The van der Waals surface area contributed by atoms with E-state index in [-0.39, 0.29) is 0 Å². The number of carboxylic acid groups (broad SMARTS) is 1. The van der Waals surface area contributed by atoms with E-state index in [1.165, 1.54) is 0 Å². The molecule has 0 amide bonds. The molecule has 0 aliphatic rings. The number of aromatic nitrogens is 1. The third-order valence-electron chi connectivity index (χ3n) is 3.18. The van der Waals surface area contributed by atoms with E-state index >= 15 is 0 Å². The van der Waals surface area contributed by atoms with Crippen molar-refractivity contribution in [2.75, 3.05) is 5.32 Å². The standard InChI is InChI=1S/C15H16N2O2/c1-10-6-7-16-8-12(10)9-17-14-5-3-4-13(11(14)2)15(18)19/h3-8,17H,9H2,1-2H3,(H,18,19). The van der Waals surface area contributed by atoms with Crippen molar-refractivity contribution in [3.63, 3.8) is 0 Å². The lowest BCUT2D eigenvalue weighted by Crippen LogP contribution is -2.06. The highest BCUT2D eigenvalue weighted by molar-refractivity contribution is 5.91. The van der Waals surface area contributed by atoms with Crippen LogP contribution in [0.1, 0.15) is 27.0 Å². The topological polar surface area (TPSA) is 62.2 Å². The average molecular weight is 256 g/mol. The molecule has 98 valence electrons. The van der Waals surface area contributed by atoms with Gasteiger partial charge in [-0.2, -0.15) is 0 Å². The number of hydrogen-bond donors (Lipinski definition) is 2. The van der Waals surface area contributed by atoms with Crippen molar-refractivity contribution in [1.29, 1.82) is 0 Å². The fraction of sp³-hybridized carbons (Fsp3) is 0.200. The maximum absolute atomic E-state index is 11.1. The number of aromatic carboxylic acids is 1. The van der Waals surface area contributed by atoms with E-state index in [1.54, 1.807) is 18.3 Å². The molecule has 1 heterocycles. The van der Waals surface area contributed by atoms with Gasteiger partial charge in [0.1, 0.15) is 0 Å². The van der Waals surface area contributed by atoms with Gasteiger partial charge < -0.3 is 10.4 Å². The maximum Gasteiger partial charge on any atom is 0.336 e. The summed E-state index contributed by atoms with van der Waals surface area (Å²) in [6.45, 7) is 4.46. The van der Waals surface area contributed by atoms with Crippen LogP contribution in [0.2, 0.25) is 0 Å². The van der Waals surface area contributed by atoms with Crippen molar-refractivity contribution < 1.29 is 9.90 Å². The number of aryl methyl sites for hydroxylation is 1. The van der Waals surface area contributed by atoms with Crippen LogP contribution in [0.25, 0.3) is 0 Å². The summed E-state index contributed by atoms with van der Waals surface area (Å²) >= 11 is 0. The smallest absolute Gasteiger partial charge is 0.336 e. The molecule has 0 saturated carbocycles. The maximum atomic E-state index is 11.1. The van der Waals surface area contributed by atoms with E-state index in [9.17, 15) is 4.79 Å². The Morgan fingerprint density at radius 1 is 1.32 bits per heavy atom. The van der Waals surface area contributed by atoms with E-state index in [0.717, 1.165) is 22.4 Å². The fourth-order valence-electron chi connectivity index (χ4n) is 1.93. The average Bonchev–Trinajstić information content (AvgIpc) is 2.39. The Balaban J connectivity index is 2.19. The Labute approximate surface area is 112 Å². The Morgan fingerprint density at radius 2 is 2.11 bits per heavy atom. The molecular weight excluding hydrogens is 240 g/mol. The van der Waals surface area contributed by atoms with Crippen molar-refractivity contribution in [3.05, 3.63) is 58.9 Å². The second-order valence-electron chi connectivity index (χ2n) is 4.44. The summed E-state index contributed by atoms with van der Waals surface area (Å²) in [4.78, 5) is 15.2. The number of benzene rings is 1. The molecule has 2 N–H and O–H groups in total. The van der Waals surface area contributed by atoms with Gasteiger partial charge in [0.15, 0.2) is 0 Å². The van der Waals surface area contributed by atoms with E-state index < -0.39 is 5.97 Å². The summed E-state index contributed by atoms with van der Waals surface area (Å²) in [5.74, 6) is -0.904. The van der Waals surface area contributed by atoms with Crippen LogP contribution in [-0.4, -0.2) is 16.1 Å². The summed E-state index contributed by atoms with van der Waals surface area (Å²) < 4.78 is 0. The molecular formula is C15H16N2O2. The lowest BCUT2D eigenvalue weighted by atomic mass is 10.1. The van der Waals surface area contributed by atoms with E-state index in [4.69, 9.17) is 5.11 Å². The molecule has 0 spiro atoms. The summed E-state index contributed by atoms with van der Waals surface area (Å²) in [7, 11) is 0. The van der Waals surface area contributed by atoms with Gasteiger partial charge in [-0.05, 0) is 48.7 Å². The highest BCUT2D eigenvalue weighted by Crippen LogP contribution is 2.20. The molecule has 0 aliphatic carbocycles. The zero-order valence-electron chi connectivity index (χ0n) is 11.0. The zero-order valence-corrected chi connectivity index (χ0v) is 11.0. The second kappa shape index (κ2) is 5.52. The number of carbonyl (C=O) groups is 1. The van der Waals surface area contributed by atoms with Crippen LogP contribution < -0.4 is 5.32 Å². The van der Waals surface area contributed by atoms with Gasteiger partial charge in [-0.1, -0.05) is 6.07 Å². The quantitative estimate of drug-likeness (QED) is 0.882. The molecule has 0 radical (unpaired) electrons. The largest absolute Gasteiger partial charge is 0.478 e. The summed E-state index contributed by atoms with van der Waals surface area (Å²) in [5.41, 5.74) is 4.17. The molecule has 0 bridgehead atoms. The second-order valence-corrected chi connectivity index (χ2v) is 4.44. The zero-order chi connectivity index (χ0) is 13.8. The fourth-order valence-corrected chi connectivity index (χ4v) is 1.93. The van der Waals surface area contributed by atoms with Crippen molar-refractivity contribution in [2.24, 2.45) is 0 Å². The van der Waals surface area contributed by atoms with Gasteiger partial charge in [-0.25, -0.2) is 4.79 Å². The normalized spacial score (nSPS) is 10.2. The summed E-state index contributed by atoms with van der Waals surface area (Å²) in [6, 6.07) is 7.19. The van der Waals surface area contributed by atoms with Gasteiger partial charge in [-0.3, -0.25) is 4.98 Å². The Morgan fingerprint density at radius 3 is 2.79 bits per heavy atom. The Bertz CT molecular complexity index is 609. The molecule has 0 unspecified atom stereocenters. The van der Waals surface area contributed by atoms with Gasteiger partial charge in [0.05, 0.1) is 5.56 Å². The number of pyridine rings is 1. The third-order valence-corrected chi connectivity index (χ3v) is 3.18. The third kappa shape index (κ3) is 2.91. The number of carboxylic acids is 1. The molecule has 1 aromatic heterocycles. The van der Waals surface area contributed by atoms with Crippen LogP contribution in [0.4, 0.5) is 5.69 Å². The molecule has 0 atom stereocenters. The predicted molar refractivity (Wildman–Crippen MR) is 74.4 cm³/mol. The number of nitrogens with one attached hydrogen (secondary N) is 1. The molecule has 2 rings (SSSR count). The summed E-state index contributed by atoms with van der Waals surface area (Å²) in [5, 5.41) is 12.3. The highest BCUT2D eigenvalue weighted by atomic mass is 16.4. The molecule has 19 heavy (non-hydrogen) atoms. The first-order valence-corrected chi connectivity index (χ1v) is 6.06. The van der Waals surface area contributed by atoms with Crippen LogP contribution in [0.3, 0.4) is 0 Å². The number of anilines is 1. The van der Waals surface area contributed by atoms with Crippen LogP contribution in [0, 0.1) is 13.8 Å². The first-order valence-electron chi connectivity index (χ1n) is 6.06. The Hall–Kier alpha value is -2.36. The molecule has 4 heteroatoms. The summed E-state index contributed by atoms with van der Waals surface area (Å²) in [6.07, 6.45) is 3.58. The van der Waals surface area contributed by atoms with Gasteiger partial charge in [0, 0.05) is 24.6 Å². The first kappa shape index (κ1) is 13.1. The van der Waals surface area contributed by atoms with Crippen molar-refractivity contribution >= 4 is 11.7 Å². The number of hydrogen-bond acceptors (Lipinski definition) is 3. The van der Waals surface area contributed by atoms with Crippen LogP contribution >= 0.6 is 0 Å². The molecule has 0 fully saturated rings. The van der Waals surface area contributed by atoms with Gasteiger partial charge >= 0.3 is 5.97 Å². The van der Waals surface area contributed by atoms with Crippen molar-refractivity contribution in [1.82, 2.24) is 4.98 Å². The monoisotopic (exact) mass is 256 g/mol. The van der Waals surface area contributed by atoms with Gasteiger partial charge in [0.2, 0.25) is 0 Å². The molecule has 0 saturated heterocycles. The van der Waals surface area contributed by atoms with Gasteiger partial charge in [-0.15, -0.1) is 0 Å². The highest BCUT2D eigenvalue weighted by Gasteiger charge is 2.09. The van der Waals surface area contributed by atoms with Crippen LogP contribution in [0.15, 0.2) is 36.7 Å². The van der Waals surface area contributed by atoms with Crippen molar-refractivity contribution in [3.8, 4) is 0 Å². The van der Waals surface area contributed by atoms with E-state index in [2.05, 4.69) is 10.3 Å². The Kier molecular flexibility index (Phi) is 3.80.